The second-order valence-electron chi connectivity index (χ2n) is 8.62. The SMILES string of the molecule is CCOC(=O)CNC(=O)Nc1cccc(C2OC(CSc3nncn3C)CC(c3ccc(CO)cc3)O2)c1. The normalized spacial score (nSPS) is 19.1. The summed E-state index contributed by atoms with van der Waals surface area (Å²) in [6, 6.07) is 14.3. The Morgan fingerprint density at radius 1 is 1.18 bits per heavy atom. The molecule has 3 atom stereocenters. The predicted octanol–water partition coefficient (Wildman–Crippen LogP) is 3.33. The van der Waals surface area contributed by atoms with Crippen molar-refractivity contribution in [2.75, 3.05) is 24.2 Å². The first kappa shape index (κ1) is 27.6. The lowest BCUT2D eigenvalue weighted by Gasteiger charge is -2.36. The number of aliphatic hydroxyl groups is 1. The summed E-state index contributed by atoms with van der Waals surface area (Å²) in [5.74, 6) is 0.134. The summed E-state index contributed by atoms with van der Waals surface area (Å²) in [4.78, 5) is 23.8. The zero-order valence-corrected chi connectivity index (χ0v) is 22.0. The van der Waals surface area contributed by atoms with Gasteiger partial charge in [0.15, 0.2) is 11.4 Å². The third-order valence-corrected chi connectivity index (χ3v) is 6.96. The highest BCUT2D eigenvalue weighted by molar-refractivity contribution is 7.99. The average molecular weight is 542 g/mol. The number of aryl methyl sites for hydroxylation is 1. The zero-order valence-electron chi connectivity index (χ0n) is 21.2. The first-order valence-corrected chi connectivity index (χ1v) is 13.2. The molecule has 1 aliphatic rings. The number of urea groups is 1. The minimum Gasteiger partial charge on any atom is -0.465 e. The number of amides is 2. The number of carbonyl (C=O) groups is 2. The fourth-order valence-corrected chi connectivity index (χ4v) is 4.80. The molecule has 2 aromatic carbocycles. The van der Waals surface area contributed by atoms with Gasteiger partial charge in [-0.05, 0) is 30.2 Å². The van der Waals surface area contributed by atoms with Crippen molar-refractivity contribution in [2.45, 2.75) is 43.6 Å². The Kier molecular flexibility index (Phi) is 9.71. The quantitative estimate of drug-likeness (QED) is 0.261. The van der Waals surface area contributed by atoms with Crippen molar-refractivity contribution >= 4 is 29.4 Å². The molecular formula is C26H31N5O6S. The molecule has 1 saturated heterocycles. The van der Waals surface area contributed by atoms with E-state index in [1.54, 1.807) is 43.2 Å². The molecule has 3 N–H and O–H groups in total. The van der Waals surface area contributed by atoms with Gasteiger partial charge in [0.25, 0.3) is 0 Å². The number of aromatic nitrogens is 3. The maximum Gasteiger partial charge on any atom is 0.325 e. The topological polar surface area (TPSA) is 137 Å². The van der Waals surface area contributed by atoms with Gasteiger partial charge in [0.1, 0.15) is 12.9 Å². The molecule has 0 spiro atoms. The fraction of sp³-hybridized carbons (Fsp3) is 0.385. The largest absolute Gasteiger partial charge is 0.465 e. The first-order chi connectivity index (χ1) is 18.4. The molecule has 0 radical (unpaired) electrons. The molecule has 202 valence electrons. The van der Waals surface area contributed by atoms with Crippen LogP contribution in [-0.4, -0.2) is 56.9 Å². The van der Waals surface area contributed by atoms with Crippen molar-refractivity contribution in [3.63, 3.8) is 0 Å². The number of aliphatic hydroxyl groups excluding tert-OH is 1. The molecule has 3 aromatic rings. The third kappa shape index (κ3) is 7.54. The van der Waals surface area contributed by atoms with E-state index >= 15 is 0 Å². The van der Waals surface area contributed by atoms with Crippen LogP contribution in [0.2, 0.25) is 0 Å². The second kappa shape index (κ2) is 13.4. The predicted molar refractivity (Wildman–Crippen MR) is 140 cm³/mol. The maximum atomic E-state index is 12.2. The number of thioether (sulfide) groups is 1. The Balaban J connectivity index is 1.47. The number of hydrogen-bond acceptors (Lipinski definition) is 9. The van der Waals surface area contributed by atoms with Crippen LogP contribution in [0, 0.1) is 0 Å². The van der Waals surface area contributed by atoms with Crippen LogP contribution in [-0.2, 0) is 32.7 Å². The van der Waals surface area contributed by atoms with Gasteiger partial charge in [0.2, 0.25) is 0 Å². The lowest BCUT2D eigenvalue weighted by molar-refractivity contribution is -0.245. The highest BCUT2D eigenvalue weighted by Gasteiger charge is 2.32. The molecule has 1 fully saturated rings. The summed E-state index contributed by atoms with van der Waals surface area (Å²) in [6.07, 6.45) is 1.22. The minimum atomic E-state index is -0.680. The fourth-order valence-electron chi connectivity index (χ4n) is 3.90. The Morgan fingerprint density at radius 2 is 2.00 bits per heavy atom. The number of hydrogen-bond donors (Lipinski definition) is 3. The molecule has 0 bridgehead atoms. The van der Waals surface area contributed by atoms with Gasteiger partial charge in [0, 0.05) is 30.5 Å². The summed E-state index contributed by atoms with van der Waals surface area (Å²) in [5, 5.41) is 23.5. The highest BCUT2D eigenvalue weighted by Crippen LogP contribution is 2.39. The molecule has 2 heterocycles. The third-order valence-electron chi connectivity index (χ3n) is 5.80. The standard InChI is InChI=1S/C26H31N5O6S/c1-3-35-23(33)13-27-25(34)29-20-6-4-5-19(11-20)24-36-21(15-38-26-30-28-16-31(26)2)12-22(37-24)18-9-7-17(14-32)8-10-18/h4-11,16,21-22,24,32H,3,12-15H2,1-2H3,(H2,27,29,34). The number of carbonyl (C=O) groups excluding carboxylic acids is 2. The molecule has 4 rings (SSSR count). The zero-order chi connectivity index (χ0) is 26.9. The molecule has 1 aliphatic heterocycles. The lowest BCUT2D eigenvalue weighted by atomic mass is 10.0. The van der Waals surface area contributed by atoms with Crippen LogP contribution in [0.3, 0.4) is 0 Å². The summed E-state index contributed by atoms with van der Waals surface area (Å²) >= 11 is 1.56. The van der Waals surface area contributed by atoms with Crippen molar-refractivity contribution in [3.05, 3.63) is 71.5 Å². The Labute approximate surface area is 224 Å². The number of esters is 1. The molecular weight excluding hydrogens is 510 g/mol. The molecule has 1 aromatic heterocycles. The van der Waals surface area contributed by atoms with E-state index < -0.39 is 18.3 Å². The number of ether oxygens (including phenoxy) is 3. The van der Waals surface area contributed by atoms with Crippen molar-refractivity contribution in [1.29, 1.82) is 0 Å². The van der Waals surface area contributed by atoms with Gasteiger partial charge >= 0.3 is 12.0 Å². The van der Waals surface area contributed by atoms with E-state index in [0.717, 1.165) is 21.8 Å². The van der Waals surface area contributed by atoms with E-state index in [2.05, 4.69) is 20.8 Å². The van der Waals surface area contributed by atoms with Crippen LogP contribution in [0.15, 0.2) is 60.0 Å². The van der Waals surface area contributed by atoms with Crippen molar-refractivity contribution < 1.29 is 28.9 Å². The number of nitrogens with zero attached hydrogens (tertiary/aromatic N) is 3. The minimum absolute atomic E-state index is 0.0261. The van der Waals surface area contributed by atoms with E-state index in [0.29, 0.717) is 17.9 Å². The molecule has 2 amide bonds. The number of anilines is 1. The summed E-state index contributed by atoms with van der Waals surface area (Å²) in [7, 11) is 1.89. The molecule has 0 saturated carbocycles. The van der Waals surface area contributed by atoms with Gasteiger partial charge in [-0.1, -0.05) is 48.2 Å². The van der Waals surface area contributed by atoms with Crippen molar-refractivity contribution in [3.8, 4) is 0 Å². The van der Waals surface area contributed by atoms with E-state index in [1.807, 2.05) is 41.9 Å². The molecule has 0 aliphatic carbocycles. The molecule has 11 nitrogen and oxygen atoms in total. The molecule has 12 heteroatoms. The van der Waals surface area contributed by atoms with Gasteiger partial charge < -0.3 is 34.5 Å². The summed E-state index contributed by atoms with van der Waals surface area (Å²) < 4.78 is 19.4. The average Bonchev–Trinajstić information content (AvgIpc) is 3.35. The highest BCUT2D eigenvalue weighted by atomic mass is 32.2. The Morgan fingerprint density at radius 3 is 2.71 bits per heavy atom. The van der Waals surface area contributed by atoms with Crippen molar-refractivity contribution in [1.82, 2.24) is 20.1 Å². The summed E-state index contributed by atoms with van der Waals surface area (Å²) in [6.45, 7) is 1.69. The number of nitrogens with one attached hydrogen (secondary N) is 2. The van der Waals surface area contributed by atoms with Gasteiger partial charge in [-0.25, -0.2) is 4.79 Å². The van der Waals surface area contributed by atoms with Gasteiger partial charge in [0.05, 0.1) is 25.4 Å². The molecule has 38 heavy (non-hydrogen) atoms. The Hall–Kier alpha value is -3.45. The van der Waals surface area contributed by atoms with Crippen molar-refractivity contribution in [2.24, 2.45) is 7.05 Å². The molecule has 3 unspecified atom stereocenters. The summed E-state index contributed by atoms with van der Waals surface area (Å²) in [5.41, 5.74) is 3.07. The van der Waals surface area contributed by atoms with Gasteiger partial charge in [-0.2, -0.15) is 0 Å². The van der Waals surface area contributed by atoms with Crippen LogP contribution >= 0.6 is 11.8 Å². The number of rotatable bonds is 10. The monoisotopic (exact) mass is 541 g/mol. The van der Waals surface area contributed by atoms with E-state index in [1.165, 1.54) is 0 Å². The van der Waals surface area contributed by atoms with E-state index in [-0.39, 0.29) is 32.0 Å². The van der Waals surface area contributed by atoms with Crippen LogP contribution < -0.4 is 10.6 Å². The smallest absolute Gasteiger partial charge is 0.325 e. The van der Waals surface area contributed by atoms with Crippen LogP contribution in [0.25, 0.3) is 0 Å². The van der Waals surface area contributed by atoms with Gasteiger partial charge in [-0.3, -0.25) is 4.79 Å². The Bertz CT molecular complexity index is 1220. The second-order valence-corrected chi connectivity index (χ2v) is 9.61. The lowest BCUT2D eigenvalue weighted by Crippen LogP contribution is -2.34. The van der Waals surface area contributed by atoms with Crippen LogP contribution in [0.1, 0.15) is 42.4 Å². The van der Waals surface area contributed by atoms with Gasteiger partial charge in [-0.15, -0.1) is 10.2 Å². The van der Waals surface area contributed by atoms with E-state index in [9.17, 15) is 14.7 Å². The van der Waals surface area contributed by atoms with Crippen LogP contribution in [0.5, 0.6) is 0 Å². The van der Waals surface area contributed by atoms with E-state index in [4.69, 9.17) is 14.2 Å². The first-order valence-electron chi connectivity index (χ1n) is 12.2. The number of benzene rings is 2. The van der Waals surface area contributed by atoms with Crippen LogP contribution in [0.4, 0.5) is 10.5 Å². The maximum absolute atomic E-state index is 12.2.